The fraction of sp³-hybridized carbons (Fsp3) is 0.235. The summed E-state index contributed by atoms with van der Waals surface area (Å²) >= 11 is 0. The molecular weight excluding hydrogens is 266 g/mol. The Morgan fingerprint density at radius 1 is 1.00 bits per heavy atom. The van der Waals surface area contributed by atoms with Crippen molar-refractivity contribution in [3.63, 3.8) is 0 Å². The summed E-state index contributed by atoms with van der Waals surface area (Å²) in [6.45, 7) is 0. The van der Waals surface area contributed by atoms with Crippen molar-refractivity contribution in [1.82, 2.24) is 0 Å². The van der Waals surface area contributed by atoms with Crippen LogP contribution in [0.5, 0.6) is 11.5 Å². The second-order valence-electron chi connectivity index (χ2n) is 4.65. The van der Waals surface area contributed by atoms with Crippen LogP contribution < -0.4 is 14.4 Å². The lowest BCUT2D eigenvalue weighted by Gasteiger charge is -2.19. The molecule has 110 valence electrons. The molecule has 2 rings (SSSR count). The van der Waals surface area contributed by atoms with Gasteiger partial charge in [0.05, 0.1) is 20.6 Å². The highest BCUT2D eigenvalue weighted by Gasteiger charge is 2.14. The number of hydrogen-bond donors (Lipinski definition) is 0. The van der Waals surface area contributed by atoms with Crippen LogP contribution in [0.4, 0.5) is 5.69 Å². The van der Waals surface area contributed by atoms with Crippen LogP contribution in [-0.4, -0.2) is 27.2 Å². The maximum Gasteiger partial charge on any atom is 0.231 e. The Morgan fingerprint density at radius 2 is 1.67 bits per heavy atom. The maximum atomic E-state index is 12.3. The molecule has 0 spiro atoms. The monoisotopic (exact) mass is 285 g/mol. The number of carbonyl (C=O) groups is 1. The number of benzene rings is 2. The molecule has 0 radical (unpaired) electrons. The van der Waals surface area contributed by atoms with Gasteiger partial charge in [-0.1, -0.05) is 30.3 Å². The summed E-state index contributed by atoms with van der Waals surface area (Å²) in [5.74, 6) is 1.27. The van der Waals surface area contributed by atoms with E-state index in [1.807, 2.05) is 36.4 Å². The van der Waals surface area contributed by atoms with E-state index < -0.39 is 0 Å². The molecule has 4 heteroatoms. The lowest BCUT2D eigenvalue weighted by Crippen LogP contribution is -2.27. The third kappa shape index (κ3) is 3.54. The van der Waals surface area contributed by atoms with Gasteiger partial charge in [-0.15, -0.1) is 0 Å². The number of anilines is 1. The van der Waals surface area contributed by atoms with Gasteiger partial charge in [0.1, 0.15) is 0 Å². The largest absolute Gasteiger partial charge is 0.493 e. The molecule has 0 fully saturated rings. The van der Waals surface area contributed by atoms with Crippen molar-refractivity contribution in [2.75, 3.05) is 26.2 Å². The standard InChI is InChI=1S/C17H19NO3/c1-18(17(19)11-13-7-5-4-6-8-13)14-9-10-15(20-2)16(12-14)21-3/h4-10,12H,11H2,1-3H3. The Morgan fingerprint density at radius 3 is 2.29 bits per heavy atom. The van der Waals surface area contributed by atoms with E-state index in [0.29, 0.717) is 17.9 Å². The zero-order chi connectivity index (χ0) is 15.2. The zero-order valence-electron chi connectivity index (χ0n) is 12.5. The third-order valence-electron chi connectivity index (χ3n) is 3.33. The van der Waals surface area contributed by atoms with Crippen LogP contribution in [0, 0.1) is 0 Å². The number of nitrogens with zero attached hydrogens (tertiary/aromatic N) is 1. The minimum Gasteiger partial charge on any atom is -0.493 e. The second-order valence-corrected chi connectivity index (χ2v) is 4.65. The molecule has 0 aliphatic rings. The number of ether oxygens (including phenoxy) is 2. The van der Waals surface area contributed by atoms with Gasteiger partial charge in [0.25, 0.3) is 0 Å². The molecule has 2 aromatic rings. The topological polar surface area (TPSA) is 38.8 Å². The lowest BCUT2D eigenvalue weighted by molar-refractivity contribution is -0.117. The van der Waals surface area contributed by atoms with Crippen molar-refractivity contribution in [1.29, 1.82) is 0 Å². The number of amides is 1. The summed E-state index contributed by atoms with van der Waals surface area (Å²) in [6.07, 6.45) is 0.367. The quantitative estimate of drug-likeness (QED) is 0.848. The molecule has 0 heterocycles. The molecule has 1 amide bonds. The average molecular weight is 285 g/mol. The molecule has 0 aliphatic carbocycles. The number of carbonyl (C=O) groups excluding carboxylic acids is 1. The van der Waals surface area contributed by atoms with E-state index >= 15 is 0 Å². The Balaban J connectivity index is 2.15. The first kappa shape index (κ1) is 14.9. The SMILES string of the molecule is COc1ccc(N(C)C(=O)Cc2ccccc2)cc1OC. The Kier molecular flexibility index (Phi) is 4.82. The van der Waals surface area contributed by atoms with Crippen LogP contribution >= 0.6 is 0 Å². The van der Waals surface area contributed by atoms with Crippen molar-refractivity contribution >= 4 is 11.6 Å². The fourth-order valence-electron chi connectivity index (χ4n) is 2.07. The van der Waals surface area contributed by atoms with Crippen LogP contribution in [0.3, 0.4) is 0 Å². The predicted octanol–water partition coefficient (Wildman–Crippen LogP) is 2.91. The molecule has 0 saturated heterocycles. The number of likely N-dealkylation sites (N-methyl/N-ethyl adjacent to an activating group) is 1. The lowest BCUT2D eigenvalue weighted by atomic mass is 10.1. The van der Waals surface area contributed by atoms with Gasteiger partial charge in [-0.3, -0.25) is 4.79 Å². The van der Waals surface area contributed by atoms with Crippen LogP contribution in [-0.2, 0) is 11.2 Å². The minimum atomic E-state index is 0.0217. The second kappa shape index (κ2) is 6.79. The van der Waals surface area contributed by atoms with Gasteiger partial charge in [-0.2, -0.15) is 0 Å². The van der Waals surface area contributed by atoms with E-state index in [-0.39, 0.29) is 5.91 Å². The molecular formula is C17H19NO3. The molecule has 0 aliphatic heterocycles. The van der Waals surface area contributed by atoms with Gasteiger partial charge in [0.2, 0.25) is 5.91 Å². The molecule has 0 saturated carbocycles. The zero-order valence-corrected chi connectivity index (χ0v) is 12.5. The van der Waals surface area contributed by atoms with Crippen molar-refractivity contribution in [2.24, 2.45) is 0 Å². The molecule has 2 aromatic carbocycles. The molecule has 0 atom stereocenters. The number of hydrogen-bond acceptors (Lipinski definition) is 3. The van der Waals surface area contributed by atoms with E-state index in [1.165, 1.54) is 0 Å². The van der Waals surface area contributed by atoms with Crippen molar-refractivity contribution < 1.29 is 14.3 Å². The number of rotatable bonds is 5. The van der Waals surface area contributed by atoms with E-state index in [0.717, 1.165) is 11.3 Å². The van der Waals surface area contributed by atoms with E-state index in [1.54, 1.807) is 38.3 Å². The van der Waals surface area contributed by atoms with Crippen LogP contribution in [0.25, 0.3) is 0 Å². The van der Waals surface area contributed by atoms with E-state index in [4.69, 9.17) is 9.47 Å². The Hall–Kier alpha value is -2.49. The summed E-state index contributed by atoms with van der Waals surface area (Å²) in [5.41, 5.74) is 1.77. The number of methoxy groups -OCH3 is 2. The first-order valence-electron chi connectivity index (χ1n) is 6.68. The van der Waals surface area contributed by atoms with Crippen LogP contribution in [0.1, 0.15) is 5.56 Å². The van der Waals surface area contributed by atoms with Crippen molar-refractivity contribution in [3.8, 4) is 11.5 Å². The van der Waals surface area contributed by atoms with Gasteiger partial charge in [0.15, 0.2) is 11.5 Å². The van der Waals surface area contributed by atoms with Crippen LogP contribution in [0.15, 0.2) is 48.5 Å². The highest BCUT2D eigenvalue weighted by Crippen LogP contribution is 2.31. The molecule has 0 N–H and O–H groups in total. The molecule has 4 nitrogen and oxygen atoms in total. The summed E-state index contributed by atoms with van der Waals surface area (Å²) in [6, 6.07) is 15.1. The summed E-state index contributed by atoms with van der Waals surface area (Å²) in [7, 11) is 4.92. The smallest absolute Gasteiger partial charge is 0.231 e. The first-order valence-corrected chi connectivity index (χ1v) is 6.68. The van der Waals surface area contributed by atoms with Crippen molar-refractivity contribution in [3.05, 3.63) is 54.1 Å². The van der Waals surface area contributed by atoms with Gasteiger partial charge < -0.3 is 14.4 Å². The highest BCUT2D eigenvalue weighted by atomic mass is 16.5. The van der Waals surface area contributed by atoms with Crippen LogP contribution in [0.2, 0.25) is 0 Å². The first-order chi connectivity index (χ1) is 10.2. The fourth-order valence-corrected chi connectivity index (χ4v) is 2.07. The third-order valence-corrected chi connectivity index (χ3v) is 3.33. The predicted molar refractivity (Wildman–Crippen MR) is 83.1 cm³/mol. The summed E-state index contributed by atoms with van der Waals surface area (Å²) < 4.78 is 10.5. The molecule has 0 aromatic heterocycles. The minimum absolute atomic E-state index is 0.0217. The summed E-state index contributed by atoms with van der Waals surface area (Å²) in [5, 5.41) is 0. The molecule has 0 bridgehead atoms. The Bertz CT molecular complexity index is 611. The van der Waals surface area contributed by atoms with Gasteiger partial charge in [0, 0.05) is 18.8 Å². The van der Waals surface area contributed by atoms with Crippen molar-refractivity contribution in [2.45, 2.75) is 6.42 Å². The molecule has 0 unspecified atom stereocenters. The normalized spacial score (nSPS) is 10.0. The average Bonchev–Trinajstić information content (AvgIpc) is 2.54. The van der Waals surface area contributed by atoms with Gasteiger partial charge >= 0.3 is 0 Å². The van der Waals surface area contributed by atoms with E-state index in [9.17, 15) is 4.79 Å². The molecule has 21 heavy (non-hydrogen) atoms. The summed E-state index contributed by atoms with van der Waals surface area (Å²) in [4.78, 5) is 13.9. The van der Waals surface area contributed by atoms with Gasteiger partial charge in [-0.25, -0.2) is 0 Å². The van der Waals surface area contributed by atoms with Gasteiger partial charge in [-0.05, 0) is 17.7 Å². The maximum absolute atomic E-state index is 12.3. The highest BCUT2D eigenvalue weighted by molar-refractivity contribution is 5.94. The Labute approximate surface area is 124 Å². The van der Waals surface area contributed by atoms with E-state index in [2.05, 4.69) is 0 Å².